The van der Waals surface area contributed by atoms with Crippen molar-refractivity contribution in [3.8, 4) is 11.6 Å². The normalized spacial score (nSPS) is 10.8. The van der Waals surface area contributed by atoms with E-state index in [1.165, 1.54) is 18.4 Å². The second-order valence-corrected chi connectivity index (χ2v) is 4.38. The second-order valence-electron chi connectivity index (χ2n) is 4.38. The van der Waals surface area contributed by atoms with Crippen LogP contribution in [0, 0.1) is 0 Å². The minimum atomic E-state index is -1.13. The van der Waals surface area contributed by atoms with Crippen molar-refractivity contribution in [3.05, 3.63) is 35.7 Å². The van der Waals surface area contributed by atoms with E-state index >= 15 is 0 Å². The molecule has 0 fully saturated rings. The third-order valence-electron chi connectivity index (χ3n) is 2.91. The third kappa shape index (κ3) is 2.41. The van der Waals surface area contributed by atoms with Crippen molar-refractivity contribution in [2.24, 2.45) is 0 Å². The molecule has 0 saturated heterocycles. The van der Waals surface area contributed by atoms with Gasteiger partial charge in [-0.2, -0.15) is 0 Å². The van der Waals surface area contributed by atoms with Crippen LogP contribution in [0.25, 0.3) is 22.7 Å². The summed E-state index contributed by atoms with van der Waals surface area (Å²) in [6, 6.07) is 4.43. The van der Waals surface area contributed by atoms with Crippen LogP contribution in [0.15, 0.2) is 28.9 Å². The molecule has 0 amide bonds. The van der Waals surface area contributed by atoms with Crippen molar-refractivity contribution in [2.45, 2.75) is 6.92 Å². The molecule has 22 heavy (non-hydrogen) atoms. The van der Waals surface area contributed by atoms with Crippen LogP contribution in [0.1, 0.15) is 27.8 Å². The minimum Gasteiger partial charge on any atom is -0.477 e. The zero-order valence-electron chi connectivity index (χ0n) is 11.5. The number of carbonyl (C=O) groups excluding carboxylic acids is 1. The van der Waals surface area contributed by atoms with E-state index in [1.54, 1.807) is 13.0 Å². The predicted octanol–water partition coefficient (Wildman–Crippen LogP) is 2.09. The summed E-state index contributed by atoms with van der Waals surface area (Å²) in [5.74, 6) is -0.938. The number of H-pyrrole nitrogens is 1. The Morgan fingerprint density at radius 2 is 2.18 bits per heavy atom. The highest BCUT2D eigenvalue weighted by Gasteiger charge is 2.16. The maximum absolute atomic E-state index is 11.6. The van der Waals surface area contributed by atoms with Gasteiger partial charge in [-0.1, -0.05) is 0 Å². The van der Waals surface area contributed by atoms with Gasteiger partial charge in [-0.3, -0.25) is 0 Å². The maximum atomic E-state index is 11.6. The number of carboxylic acids is 1. The first-order valence-electron chi connectivity index (χ1n) is 6.44. The van der Waals surface area contributed by atoms with Gasteiger partial charge in [0.05, 0.1) is 17.7 Å². The van der Waals surface area contributed by atoms with Gasteiger partial charge in [0.25, 0.3) is 0 Å². The van der Waals surface area contributed by atoms with Gasteiger partial charge in [0.1, 0.15) is 6.26 Å². The molecule has 8 nitrogen and oxygen atoms in total. The molecule has 3 rings (SSSR count). The summed E-state index contributed by atoms with van der Waals surface area (Å²) in [6.07, 6.45) is 1.27. The second kappa shape index (κ2) is 5.32. The van der Waals surface area contributed by atoms with Crippen molar-refractivity contribution in [1.82, 2.24) is 15.0 Å². The van der Waals surface area contributed by atoms with Crippen molar-refractivity contribution in [1.29, 1.82) is 0 Å². The Kier molecular flexibility index (Phi) is 3.34. The number of imidazole rings is 1. The number of pyridine rings is 1. The highest BCUT2D eigenvalue weighted by molar-refractivity contribution is 5.91. The number of aromatic nitrogens is 3. The highest BCUT2D eigenvalue weighted by Crippen LogP contribution is 2.22. The van der Waals surface area contributed by atoms with Crippen molar-refractivity contribution < 1.29 is 23.8 Å². The largest absolute Gasteiger partial charge is 0.477 e. The molecule has 0 aromatic carbocycles. The lowest BCUT2D eigenvalue weighted by Crippen LogP contribution is -2.02. The fourth-order valence-corrected chi connectivity index (χ4v) is 1.91. The van der Waals surface area contributed by atoms with Crippen LogP contribution in [0.3, 0.4) is 0 Å². The number of carboxylic acid groups (broad SMARTS) is 1. The van der Waals surface area contributed by atoms with Gasteiger partial charge in [0, 0.05) is 6.07 Å². The zero-order valence-corrected chi connectivity index (χ0v) is 11.5. The number of rotatable bonds is 4. The van der Waals surface area contributed by atoms with Crippen molar-refractivity contribution in [2.75, 3.05) is 6.61 Å². The van der Waals surface area contributed by atoms with E-state index in [9.17, 15) is 9.59 Å². The number of aromatic amines is 1. The molecule has 0 radical (unpaired) electrons. The van der Waals surface area contributed by atoms with Crippen molar-refractivity contribution >= 4 is 23.1 Å². The quantitative estimate of drug-likeness (QED) is 0.708. The van der Waals surface area contributed by atoms with Crippen LogP contribution in [0.5, 0.6) is 0 Å². The Morgan fingerprint density at radius 1 is 1.36 bits per heavy atom. The summed E-state index contributed by atoms with van der Waals surface area (Å²) in [6.45, 7) is 1.98. The molecule has 0 spiro atoms. The lowest BCUT2D eigenvalue weighted by molar-refractivity contribution is 0.0525. The summed E-state index contributed by atoms with van der Waals surface area (Å²) >= 11 is 0. The lowest BCUT2D eigenvalue weighted by atomic mass is 10.3. The molecular formula is C14H11N3O5. The number of aromatic carboxylic acids is 1. The molecule has 2 N–H and O–H groups in total. The van der Waals surface area contributed by atoms with Gasteiger partial charge in [-0.15, -0.1) is 0 Å². The van der Waals surface area contributed by atoms with Gasteiger partial charge in [0.2, 0.25) is 0 Å². The van der Waals surface area contributed by atoms with Crippen LogP contribution in [0.4, 0.5) is 0 Å². The highest BCUT2D eigenvalue weighted by atomic mass is 16.5. The fourth-order valence-electron chi connectivity index (χ4n) is 1.91. The molecule has 0 unspecified atom stereocenters. The van der Waals surface area contributed by atoms with Crippen LogP contribution in [-0.4, -0.2) is 38.6 Å². The number of nitrogens with one attached hydrogen (secondary N) is 1. The lowest BCUT2D eigenvalue weighted by Gasteiger charge is -1.95. The molecule has 0 saturated carbocycles. The van der Waals surface area contributed by atoms with Gasteiger partial charge in [0.15, 0.2) is 22.9 Å². The molecule has 3 aromatic heterocycles. The summed E-state index contributed by atoms with van der Waals surface area (Å²) in [5, 5.41) is 8.91. The number of furan rings is 1. The topological polar surface area (TPSA) is 118 Å². The molecule has 8 heteroatoms. The summed E-state index contributed by atoms with van der Waals surface area (Å²) in [7, 11) is 0. The molecule has 3 aromatic rings. The molecule has 0 aliphatic rings. The summed E-state index contributed by atoms with van der Waals surface area (Å²) in [5.41, 5.74) is 0.992. The predicted molar refractivity (Wildman–Crippen MR) is 74.5 cm³/mol. The van der Waals surface area contributed by atoms with E-state index in [0.717, 1.165) is 0 Å². The first-order valence-corrected chi connectivity index (χ1v) is 6.44. The molecule has 0 aliphatic carbocycles. The molecule has 0 aliphatic heterocycles. The van der Waals surface area contributed by atoms with Gasteiger partial charge >= 0.3 is 11.9 Å². The molecule has 3 heterocycles. The van der Waals surface area contributed by atoms with Gasteiger partial charge in [-0.25, -0.2) is 19.6 Å². The number of esters is 1. The number of carbonyl (C=O) groups is 2. The summed E-state index contributed by atoms with van der Waals surface area (Å²) < 4.78 is 10.2. The monoisotopic (exact) mass is 301 g/mol. The average molecular weight is 301 g/mol. The number of ether oxygens (including phenoxy) is 1. The molecular weight excluding hydrogens is 290 g/mol. The van der Waals surface area contributed by atoms with Crippen LogP contribution >= 0.6 is 0 Å². The van der Waals surface area contributed by atoms with E-state index < -0.39 is 11.9 Å². The maximum Gasteiger partial charge on any atom is 0.354 e. The van der Waals surface area contributed by atoms with Gasteiger partial charge < -0.3 is 19.2 Å². The van der Waals surface area contributed by atoms with E-state index in [2.05, 4.69) is 15.0 Å². The number of hydrogen-bond donors (Lipinski definition) is 2. The Bertz CT molecular complexity index is 864. The number of nitrogens with zero attached hydrogens (tertiary/aromatic N) is 2. The zero-order chi connectivity index (χ0) is 15.7. The summed E-state index contributed by atoms with van der Waals surface area (Å²) in [4.78, 5) is 33.5. The first-order chi connectivity index (χ1) is 10.6. The Morgan fingerprint density at radius 3 is 2.91 bits per heavy atom. The first kappa shape index (κ1) is 13.8. The van der Waals surface area contributed by atoms with E-state index in [-0.39, 0.29) is 23.5 Å². The Balaban J connectivity index is 1.96. The van der Waals surface area contributed by atoms with Gasteiger partial charge in [-0.05, 0) is 19.1 Å². The van der Waals surface area contributed by atoms with E-state index in [0.29, 0.717) is 17.1 Å². The fraction of sp³-hybridized carbons (Fsp3) is 0.143. The van der Waals surface area contributed by atoms with Crippen molar-refractivity contribution in [3.63, 3.8) is 0 Å². The molecule has 0 bridgehead atoms. The van der Waals surface area contributed by atoms with Crippen LogP contribution in [-0.2, 0) is 4.74 Å². The van der Waals surface area contributed by atoms with E-state index in [1.807, 2.05) is 0 Å². The average Bonchev–Trinajstić information content (AvgIpc) is 3.13. The van der Waals surface area contributed by atoms with Crippen LogP contribution in [0.2, 0.25) is 0 Å². The van der Waals surface area contributed by atoms with Crippen LogP contribution < -0.4 is 0 Å². The van der Waals surface area contributed by atoms with E-state index in [4.69, 9.17) is 14.3 Å². The number of hydrogen-bond acceptors (Lipinski definition) is 6. The molecule has 112 valence electrons. The Hall–Kier alpha value is -3.16. The number of fused-ring (bicyclic) bond motifs is 1. The Labute approximate surface area is 123 Å². The minimum absolute atomic E-state index is 0.0998. The smallest absolute Gasteiger partial charge is 0.354 e. The SMILES string of the molecule is CCOC(=O)c1coc(-c2nc3nc(C(=O)O)ccc3[nH]2)c1. The third-order valence-corrected chi connectivity index (χ3v) is 2.91. The standard InChI is InChI=1S/C14H11N3O5/c1-2-21-14(20)7-5-10(22-6-7)12-15-8-3-4-9(13(18)19)16-11(8)17-12/h3-6H,2H2,1H3,(H,18,19)(H,15,16,17). The molecule has 0 atom stereocenters.